The van der Waals surface area contributed by atoms with E-state index in [9.17, 15) is 9.59 Å². The zero-order valence-corrected chi connectivity index (χ0v) is 21.4. The lowest BCUT2D eigenvalue weighted by molar-refractivity contribution is -0.140. The van der Waals surface area contributed by atoms with E-state index >= 15 is 0 Å². The highest BCUT2D eigenvalue weighted by Gasteiger charge is 2.27. The third-order valence-electron chi connectivity index (χ3n) is 6.83. The highest BCUT2D eigenvalue weighted by molar-refractivity contribution is 5.87. The molecule has 0 atom stereocenters. The van der Waals surface area contributed by atoms with Gasteiger partial charge in [0.1, 0.15) is 5.75 Å². The van der Waals surface area contributed by atoms with Crippen molar-refractivity contribution in [2.24, 2.45) is 11.8 Å². The summed E-state index contributed by atoms with van der Waals surface area (Å²) in [6.45, 7) is 2.48. The molecule has 4 N–H and O–H groups in total. The predicted octanol–water partition coefficient (Wildman–Crippen LogP) is 6.33. The first-order valence-electron chi connectivity index (χ1n) is 13.2. The first kappa shape index (κ1) is 27.3. The molecule has 1 fully saturated rings. The number of hydrogen-bond donors (Lipinski definition) is 2. The van der Waals surface area contributed by atoms with Gasteiger partial charge in [-0.2, -0.15) is 0 Å². The number of nitrogen functional groups attached to an aromatic ring is 2. The number of anilines is 2. The SMILES string of the molecule is CCCCCCC1CCC(C(=O)Oc2ccc(C=CC(=O)OCCc3cc(N)cc(N)c3)cc2)CC1. The van der Waals surface area contributed by atoms with Gasteiger partial charge < -0.3 is 20.9 Å². The van der Waals surface area contributed by atoms with Gasteiger partial charge in [-0.1, -0.05) is 51.2 Å². The van der Waals surface area contributed by atoms with Crippen molar-refractivity contribution in [1.29, 1.82) is 0 Å². The number of benzene rings is 2. The van der Waals surface area contributed by atoms with Gasteiger partial charge in [0.15, 0.2) is 0 Å². The molecule has 0 heterocycles. The first-order valence-corrected chi connectivity index (χ1v) is 13.2. The molecule has 1 aliphatic rings. The third-order valence-corrected chi connectivity index (χ3v) is 6.83. The second kappa shape index (κ2) is 14.3. The van der Waals surface area contributed by atoms with E-state index in [1.807, 2.05) is 24.3 Å². The van der Waals surface area contributed by atoms with E-state index in [1.165, 1.54) is 38.2 Å². The molecular weight excluding hydrogens is 452 g/mol. The number of hydrogen-bond acceptors (Lipinski definition) is 6. The van der Waals surface area contributed by atoms with Gasteiger partial charge in [-0.15, -0.1) is 0 Å². The smallest absolute Gasteiger partial charge is 0.330 e. The summed E-state index contributed by atoms with van der Waals surface area (Å²) >= 11 is 0. The third kappa shape index (κ3) is 9.40. The van der Waals surface area contributed by atoms with Crippen LogP contribution in [-0.4, -0.2) is 18.5 Å². The van der Waals surface area contributed by atoms with Gasteiger partial charge in [0, 0.05) is 23.9 Å². The van der Waals surface area contributed by atoms with Crippen molar-refractivity contribution in [3.8, 4) is 5.75 Å². The van der Waals surface area contributed by atoms with Crippen molar-refractivity contribution < 1.29 is 19.1 Å². The Morgan fingerprint density at radius 2 is 1.64 bits per heavy atom. The summed E-state index contributed by atoms with van der Waals surface area (Å²) in [5, 5.41) is 0. The number of ether oxygens (including phenoxy) is 2. The zero-order chi connectivity index (χ0) is 25.8. The molecule has 2 aromatic rings. The van der Waals surface area contributed by atoms with Crippen LogP contribution in [0.3, 0.4) is 0 Å². The van der Waals surface area contributed by atoms with E-state index in [-0.39, 0.29) is 18.5 Å². The van der Waals surface area contributed by atoms with Crippen LogP contribution >= 0.6 is 0 Å². The highest BCUT2D eigenvalue weighted by Crippen LogP contribution is 2.33. The van der Waals surface area contributed by atoms with Crippen molar-refractivity contribution in [1.82, 2.24) is 0 Å². The minimum atomic E-state index is -0.427. The van der Waals surface area contributed by atoms with Crippen molar-refractivity contribution in [2.45, 2.75) is 71.1 Å². The van der Waals surface area contributed by atoms with Gasteiger partial charge in [-0.05, 0) is 79.1 Å². The molecule has 0 radical (unpaired) electrons. The van der Waals surface area contributed by atoms with Crippen LogP contribution in [0.25, 0.3) is 6.08 Å². The Labute approximate surface area is 215 Å². The van der Waals surface area contributed by atoms with E-state index in [0.29, 0.717) is 23.5 Å². The minimum absolute atomic E-state index is 0.00463. The molecule has 0 amide bonds. The number of rotatable bonds is 12. The second-order valence-electron chi connectivity index (χ2n) is 9.82. The van der Waals surface area contributed by atoms with Crippen molar-refractivity contribution in [3.05, 3.63) is 59.7 Å². The van der Waals surface area contributed by atoms with Crippen LogP contribution in [0.5, 0.6) is 5.75 Å². The summed E-state index contributed by atoms with van der Waals surface area (Å²) in [6.07, 6.45) is 14.2. The number of esters is 2. The van der Waals surface area contributed by atoms with E-state index < -0.39 is 5.97 Å². The average molecular weight is 493 g/mol. The maximum Gasteiger partial charge on any atom is 0.330 e. The quantitative estimate of drug-likeness (QED) is 0.118. The van der Waals surface area contributed by atoms with Gasteiger partial charge in [-0.3, -0.25) is 4.79 Å². The van der Waals surface area contributed by atoms with Crippen LogP contribution in [0.2, 0.25) is 0 Å². The standard InChI is InChI=1S/C30H40N2O4/c1-2-3-4-5-6-22-7-12-25(13-8-22)30(34)36-28-14-9-23(10-15-28)11-16-29(33)35-18-17-24-19-26(31)21-27(32)20-24/h9-11,14-16,19-22,25H,2-8,12-13,17-18,31-32H2,1H3. The number of nitrogens with two attached hydrogens (primary N) is 2. The first-order chi connectivity index (χ1) is 17.4. The lowest BCUT2D eigenvalue weighted by Gasteiger charge is -2.27. The van der Waals surface area contributed by atoms with Gasteiger partial charge in [0.2, 0.25) is 0 Å². The van der Waals surface area contributed by atoms with Crippen molar-refractivity contribution in [3.63, 3.8) is 0 Å². The van der Waals surface area contributed by atoms with Crippen molar-refractivity contribution >= 4 is 29.4 Å². The summed E-state index contributed by atoms with van der Waals surface area (Å²) in [5.41, 5.74) is 14.5. The lowest BCUT2D eigenvalue weighted by atomic mass is 9.80. The Morgan fingerprint density at radius 3 is 2.31 bits per heavy atom. The average Bonchev–Trinajstić information content (AvgIpc) is 2.86. The van der Waals surface area contributed by atoms with Crippen LogP contribution in [0.15, 0.2) is 48.5 Å². The molecule has 1 aliphatic carbocycles. The number of carbonyl (C=O) groups is 2. The van der Waals surface area contributed by atoms with Gasteiger partial charge in [-0.25, -0.2) is 4.79 Å². The Morgan fingerprint density at radius 1 is 0.944 bits per heavy atom. The van der Waals surface area contributed by atoms with Crippen LogP contribution in [-0.2, 0) is 20.7 Å². The molecular formula is C30H40N2O4. The predicted molar refractivity (Wildman–Crippen MR) is 145 cm³/mol. The topological polar surface area (TPSA) is 105 Å². The lowest BCUT2D eigenvalue weighted by Crippen LogP contribution is -2.25. The largest absolute Gasteiger partial charge is 0.462 e. The Hall–Kier alpha value is -3.28. The molecule has 0 aromatic heterocycles. The highest BCUT2D eigenvalue weighted by atomic mass is 16.5. The van der Waals surface area contributed by atoms with E-state index in [4.69, 9.17) is 20.9 Å². The van der Waals surface area contributed by atoms with Crippen LogP contribution in [0.1, 0.15) is 75.8 Å². The summed E-state index contributed by atoms with van der Waals surface area (Å²) in [5.74, 6) is 0.731. The molecule has 0 unspecified atom stereocenters. The van der Waals surface area contributed by atoms with Gasteiger partial charge in [0.05, 0.1) is 12.5 Å². The summed E-state index contributed by atoms with van der Waals surface area (Å²) < 4.78 is 10.9. The van der Waals surface area contributed by atoms with Crippen LogP contribution in [0.4, 0.5) is 11.4 Å². The fourth-order valence-corrected chi connectivity index (χ4v) is 4.76. The van der Waals surface area contributed by atoms with E-state index in [0.717, 1.165) is 42.7 Å². The summed E-state index contributed by atoms with van der Waals surface area (Å²) in [4.78, 5) is 24.6. The monoisotopic (exact) mass is 492 g/mol. The van der Waals surface area contributed by atoms with Crippen molar-refractivity contribution in [2.75, 3.05) is 18.1 Å². The molecule has 0 spiro atoms. The van der Waals surface area contributed by atoms with E-state index in [1.54, 1.807) is 24.3 Å². The van der Waals surface area contributed by atoms with Crippen LogP contribution in [0, 0.1) is 11.8 Å². The molecule has 6 heteroatoms. The molecule has 0 bridgehead atoms. The molecule has 2 aromatic carbocycles. The Bertz CT molecular complexity index is 988. The molecule has 1 saturated carbocycles. The van der Waals surface area contributed by atoms with E-state index in [2.05, 4.69) is 6.92 Å². The zero-order valence-electron chi connectivity index (χ0n) is 21.4. The molecule has 0 aliphatic heterocycles. The minimum Gasteiger partial charge on any atom is -0.462 e. The summed E-state index contributed by atoms with van der Waals surface area (Å²) in [6, 6.07) is 12.5. The number of unbranched alkanes of at least 4 members (excludes halogenated alkanes) is 3. The maximum atomic E-state index is 12.6. The molecule has 36 heavy (non-hydrogen) atoms. The molecule has 194 valence electrons. The normalized spacial score (nSPS) is 17.7. The Kier molecular flexibility index (Phi) is 10.9. The Balaban J connectivity index is 1.36. The number of carbonyl (C=O) groups excluding carboxylic acids is 2. The maximum absolute atomic E-state index is 12.6. The molecule has 3 rings (SSSR count). The summed E-state index contributed by atoms with van der Waals surface area (Å²) in [7, 11) is 0. The fourth-order valence-electron chi connectivity index (χ4n) is 4.76. The van der Waals surface area contributed by atoms with Gasteiger partial charge >= 0.3 is 11.9 Å². The molecule has 6 nitrogen and oxygen atoms in total. The second-order valence-corrected chi connectivity index (χ2v) is 9.82. The molecule has 0 saturated heterocycles. The van der Waals surface area contributed by atoms with Crippen LogP contribution < -0.4 is 16.2 Å². The fraction of sp³-hybridized carbons (Fsp3) is 0.467. The van der Waals surface area contributed by atoms with Gasteiger partial charge in [0.25, 0.3) is 0 Å².